The number of ketones is 1. The number of rotatable bonds is 8. The molecular formula is C18H18ClNO5S. The van der Waals surface area contributed by atoms with Gasteiger partial charge in [-0.2, -0.15) is 0 Å². The van der Waals surface area contributed by atoms with Crippen molar-refractivity contribution in [3.63, 3.8) is 0 Å². The molecule has 0 bridgehead atoms. The number of amides is 1. The van der Waals surface area contributed by atoms with E-state index < -0.39 is 18.0 Å². The summed E-state index contributed by atoms with van der Waals surface area (Å²) in [6.45, 7) is 1.45. The van der Waals surface area contributed by atoms with Gasteiger partial charge in [0.1, 0.15) is 5.75 Å². The summed E-state index contributed by atoms with van der Waals surface area (Å²) in [5.41, 5.74) is 0.376. The fourth-order valence-electron chi connectivity index (χ4n) is 2.10. The Hall–Kier alpha value is -2.38. The molecule has 1 aromatic carbocycles. The lowest BCUT2D eigenvalue weighted by molar-refractivity contribution is -0.153. The summed E-state index contributed by atoms with van der Waals surface area (Å²) in [5, 5.41) is 4.83. The van der Waals surface area contributed by atoms with Gasteiger partial charge in [0, 0.05) is 11.4 Å². The molecule has 2 rings (SSSR count). The summed E-state index contributed by atoms with van der Waals surface area (Å²) in [5.74, 6) is -0.834. The molecule has 0 saturated carbocycles. The van der Waals surface area contributed by atoms with E-state index in [-0.39, 0.29) is 18.6 Å². The zero-order valence-electron chi connectivity index (χ0n) is 14.3. The topological polar surface area (TPSA) is 81.7 Å². The summed E-state index contributed by atoms with van der Waals surface area (Å²) in [4.78, 5) is 36.5. The number of carbonyl (C=O) groups is 3. The summed E-state index contributed by atoms with van der Waals surface area (Å²) in [6, 6.07) is 8.25. The van der Waals surface area contributed by atoms with E-state index in [1.807, 2.05) is 0 Å². The van der Waals surface area contributed by atoms with Crippen LogP contribution in [0.4, 0.5) is 5.69 Å². The largest absolute Gasteiger partial charge is 0.495 e. The minimum atomic E-state index is -1.02. The van der Waals surface area contributed by atoms with Crippen molar-refractivity contribution < 1.29 is 23.9 Å². The van der Waals surface area contributed by atoms with E-state index in [9.17, 15) is 14.4 Å². The normalized spacial score (nSPS) is 11.5. The van der Waals surface area contributed by atoms with Gasteiger partial charge in [0.25, 0.3) is 5.91 Å². The summed E-state index contributed by atoms with van der Waals surface area (Å²) >= 11 is 7.23. The zero-order chi connectivity index (χ0) is 19.1. The molecule has 1 atom stereocenters. The molecule has 0 radical (unpaired) electrons. The number of thiophene rings is 1. The lowest BCUT2D eigenvalue weighted by atomic mass is 10.2. The number of Topliss-reactive ketones (excluding diaryl/α,β-unsaturated/α-hetero) is 1. The van der Waals surface area contributed by atoms with Crippen LogP contribution in [0.1, 0.15) is 29.4 Å². The van der Waals surface area contributed by atoms with E-state index in [1.54, 1.807) is 29.6 Å². The molecule has 0 saturated heterocycles. The Morgan fingerprint density at radius 3 is 2.65 bits per heavy atom. The van der Waals surface area contributed by atoms with E-state index in [0.717, 1.165) is 0 Å². The first-order chi connectivity index (χ1) is 12.4. The van der Waals surface area contributed by atoms with Gasteiger partial charge in [0.05, 0.1) is 24.1 Å². The van der Waals surface area contributed by atoms with Crippen molar-refractivity contribution in [2.45, 2.75) is 25.9 Å². The molecule has 1 N–H and O–H groups in total. The van der Waals surface area contributed by atoms with Gasteiger partial charge in [0.15, 0.2) is 11.9 Å². The van der Waals surface area contributed by atoms with Crippen molar-refractivity contribution in [1.82, 2.24) is 0 Å². The molecule has 1 amide bonds. The van der Waals surface area contributed by atoms with E-state index >= 15 is 0 Å². The van der Waals surface area contributed by atoms with Gasteiger partial charge in [-0.3, -0.25) is 14.4 Å². The van der Waals surface area contributed by atoms with Crippen LogP contribution in [-0.4, -0.2) is 30.9 Å². The molecule has 0 spiro atoms. The molecule has 1 heterocycles. The van der Waals surface area contributed by atoms with Crippen LogP contribution in [0.5, 0.6) is 5.75 Å². The van der Waals surface area contributed by atoms with Crippen LogP contribution in [0, 0.1) is 0 Å². The Morgan fingerprint density at radius 1 is 1.23 bits per heavy atom. The molecule has 0 aliphatic carbocycles. The number of ether oxygens (including phenoxy) is 2. The highest BCUT2D eigenvalue weighted by atomic mass is 35.5. The molecular weight excluding hydrogens is 378 g/mol. The average Bonchev–Trinajstić information content (AvgIpc) is 3.14. The predicted molar refractivity (Wildman–Crippen MR) is 100 cm³/mol. The molecule has 6 nitrogen and oxygen atoms in total. The summed E-state index contributed by atoms with van der Waals surface area (Å²) in [7, 11) is 1.47. The highest BCUT2D eigenvalue weighted by Gasteiger charge is 2.20. The smallest absolute Gasteiger partial charge is 0.307 e. The minimum absolute atomic E-state index is 0.0375. The number of anilines is 1. The van der Waals surface area contributed by atoms with Gasteiger partial charge in [-0.25, -0.2) is 0 Å². The van der Waals surface area contributed by atoms with E-state index in [1.165, 1.54) is 31.4 Å². The second-order valence-corrected chi connectivity index (χ2v) is 6.75. The maximum absolute atomic E-state index is 12.2. The first-order valence-electron chi connectivity index (χ1n) is 7.81. The quantitative estimate of drug-likeness (QED) is 0.540. The third-order valence-electron chi connectivity index (χ3n) is 3.45. The maximum atomic E-state index is 12.2. The Labute approximate surface area is 160 Å². The van der Waals surface area contributed by atoms with E-state index in [2.05, 4.69) is 5.32 Å². The Bertz CT molecular complexity index is 791. The van der Waals surface area contributed by atoms with Gasteiger partial charge in [-0.1, -0.05) is 17.7 Å². The first-order valence-corrected chi connectivity index (χ1v) is 9.07. The lowest BCUT2D eigenvalue weighted by Gasteiger charge is -2.15. The molecule has 0 fully saturated rings. The van der Waals surface area contributed by atoms with Crippen LogP contribution in [-0.2, 0) is 14.3 Å². The molecule has 8 heteroatoms. The van der Waals surface area contributed by atoms with Gasteiger partial charge in [-0.05, 0) is 36.6 Å². The van der Waals surface area contributed by atoms with Crippen LogP contribution in [0.25, 0.3) is 0 Å². The molecule has 2 aromatic rings. The molecule has 1 aromatic heterocycles. The van der Waals surface area contributed by atoms with Gasteiger partial charge >= 0.3 is 5.97 Å². The van der Waals surface area contributed by atoms with Crippen molar-refractivity contribution in [1.29, 1.82) is 0 Å². The first kappa shape index (κ1) is 19.9. The van der Waals surface area contributed by atoms with Crippen molar-refractivity contribution in [3.8, 4) is 5.75 Å². The van der Waals surface area contributed by atoms with Gasteiger partial charge in [0.2, 0.25) is 0 Å². The SMILES string of the molecule is COc1ccc(Cl)cc1NC(=O)[C@H](C)OC(=O)CCC(=O)c1cccs1. The molecule has 0 aliphatic rings. The second kappa shape index (κ2) is 9.35. The second-order valence-electron chi connectivity index (χ2n) is 5.37. The Morgan fingerprint density at radius 2 is 2.00 bits per heavy atom. The Kier molecular flexibility index (Phi) is 7.17. The molecule has 0 aliphatic heterocycles. The number of hydrogen-bond donors (Lipinski definition) is 1. The van der Waals surface area contributed by atoms with Crippen molar-refractivity contribution in [2.75, 3.05) is 12.4 Å². The fourth-order valence-corrected chi connectivity index (χ4v) is 2.96. The van der Waals surface area contributed by atoms with Gasteiger partial charge < -0.3 is 14.8 Å². The number of methoxy groups -OCH3 is 1. The standard InChI is InChI=1S/C18H18ClNO5S/c1-11(18(23)20-13-10-12(19)5-7-15(13)24-2)25-17(22)8-6-14(21)16-4-3-9-26-16/h3-5,7,9-11H,6,8H2,1-2H3,(H,20,23)/t11-/m0/s1. The fraction of sp³-hybridized carbons (Fsp3) is 0.278. The zero-order valence-corrected chi connectivity index (χ0v) is 15.9. The van der Waals surface area contributed by atoms with Crippen molar-refractivity contribution in [3.05, 3.63) is 45.6 Å². The summed E-state index contributed by atoms with van der Waals surface area (Å²) < 4.78 is 10.2. The third-order valence-corrected chi connectivity index (χ3v) is 4.60. The van der Waals surface area contributed by atoms with Crippen LogP contribution in [0.2, 0.25) is 5.02 Å². The monoisotopic (exact) mass is 395 g/mol. The van der Waals surface area contributed by atoms with Crippen molar-refractivity contribution >= 4 is 46.3 Å². The van der Waals surface area contributed by atoms with Crippen LogP contribution < -0.4 is 10.1 Å². The third kappa shape index (κ3) is 5.57. The molecule has 26 heavy (non-hydrogen) atoms. The average molecular weight is 396 g/mol. The Balaban J connectivity index is 1.85. The minimum Gasteiger partial charge on any atom is -0.495 e. The maximum Gasteiger partial charge on any atom is 0.307 e. The van der Waals surface area contributed by atoms with Gasteiger partial charge in [-0.15, -0.1) is 11.3 Å². The van der Waals surface area contributed by atoms with Crippen LogP contribution >= 0.6 is 22.9 Å². The lowest BCUT2D eigenvalue weighted by Crippen LogP contribution is -2.30. The number of carbonyl (C=O) groups excluding carboxylic acids is 3. The van der Waals surface area contributed by atoms with Crippen LogP contribution in [0.15, 0.2) is 35.7 Å². The highest BCUT2D eigenvalue weighted by molar-refractivity contribution is 7.12. The molecule has 0 unspecified atom stereocenters. The number of nitrogens with one attached hydrogen (secondary N) is 1. The van der Waals surface area contributed by atoms with E-state index in [0.29, 0.717) is 21.3 Å². The number of hydrogen-bond acceptors (Lipinski definition) is 6. The summed E-state index contributed by atoms with van der Waals surface area (Å²) in [6.07, 6.45) is -1.08. The number of benzene rings is 1. The van der Waals surface area contributed by atoms with Crippen molar-refractivity contribution in [2.24, 2.45) is 0 Å². The molecule has 138 valence electrons. The number of esters is 1. The highest BCUT2D eigenvalue weighted by Crippen LogP contribution is 2.27. The van der Waals surface area contributed by atoms with Crippen LogP contribution in [0.3, 0.4) is 0 Å². The number of halogens is 1. The van der Waals surface area contributed by atoms with E-state index in [4.69, 9.17) is 21.1 Å². The predicted octanol–water partition coefficient (Wildman–Crippen LogP) is 3.94.